The van der Waals surface area contributed by atoms with Gasteiger partial charge in [-0.2, -0.15) is 0 Å². The van der Waals surface area contributed by atoms with Crippen LogP contribution in [-0.4, -0.2) is 13.0 Å². The van der Waals surface area contributed by atoms with Crippen LogP contribution in [0.4, 0.5) is 0 Å². The normalized spacial score (nSPS) is 10.1. The molecule has 3 N–H and O–H groups in total. The van der Waals surface area contributed by atoms with Crippen molar-refractivity contribution in [3.63, 3.8) is 0 Å². The van der Waals surface area contributed by atoms with E-state index in [0.717, 1.165) is 22.4 Å². The second-order valence-electron chi connectivity index (χ2n) is 4.74. The van der Waals surface area contributed by atoms with Crippen LogP contribution in [0.3, 0.4) is 0 Å². The van der Waals surface area contributed by atoms with Crippen LogP contribution < -0.4 is 15.8 Å². The van der Waals surface area contributed by atoms with Gasteiger partial charge in [0, 0.05) is 5.02 Å². The third kappa shape index (κ3) is 3.80. The first-order valence-corrected chi connectivity index (χ1v) is 7.05. The lowest BCUT2D eigenvalue weighted by molar-refractivity contribution is -0.119. The van der Waals surface area contributed by atoms with Gasteiger partial charge in [-0.05, 0) is 34.9 Å². The van der Waals surface area contributed by atoms with E-state index in [0.29, 0.717) is 5.02 Å². The molecule has 1 amide bonds. The maximum Gasteiger partial charge on any atom is 0.229 e. The molecule has 0 atom stereocenters. The van der Waals surface area contributed by atoms with Crippen molar-refractivity contribution in [3.8, 4) is 16.9 Å². The molecule has 0 unspecified atom stereocenters. The molecule has 0 aromatic heterocycles. The van der Waals surface area contributed by atoms with Gasteiger partial charge in [-0.1, -0.05) is 42.4 Å². The predicted molar refractivity (Wildman–Crippen MR) is 88.6 cm³/mol. The Kier molecular flexibility index (Phi) is 5.07. The summed E-state index contributed by atoms with van der Waals surface area (Å²) in [5.74, 6) is 0.628. The molecule has 114 valence electrons. The average Bonchev–Trinajstić information content (AvgIpc) is 2.49. The highest BCUT2D eigenvalue weighted by Gasteiger charge is 2.13. The second-order valence-corrected chi connectivity index (χ2v) is 5.15. The highest BCUT2D eigenvalue weighted by molar-refractivity contribution is 6.32. The Morgan fingerprint density at radius 2 is 1.95 bits per heavy atom. The lowest BCUT2D eigenvalue weighted by Gasteiger charge is -2.12. The van der Waals surface area contributed by atoms with Gasteiger partial charge in [0.2, 0.25) is 5.91 Å². The van der Waals surface area contributed by atoms with Crippen LogP contribution in [-0.2, 0) is 11.2 Å². The molecule has 22 heavy (non-hydrogen) atoms. The number of hydrogen-bond donors (Lipinski definition) is 2. The highest BCUT2D eigenvalue weighted by Crippen LogP contribution is 2.30. The molecule has 2 aromatic rings. The number of nitrogens with two attached hydrogens (primary N) is 1. The zero-order valence-corrected chi connectivity index (χ0v) is 13.0. The summed E-state index contributed by atoms with van der Waals surface area (Å²) in [6, 6.07) is 13.1. The SMILES string of the molecule is C=C(N)NC(=O)Cc1c(Cl)cccc1-c1ccc(OC)cc1. The minimum absolute atomic E-state index is 0.114. The summed E-state index contributed by atoms with van der Waals surface area (Å²) in [5, 5.41) is 3.01. The van der Waals surface area contributed by atoms with Crippen LogP contribution in [0.1, 0.15) is 5.56 Å². The summed E-state index contributed by atoms with van der Waals surface area (Å²) in [4.78, 5) is 11.9. The second kappa shape index (κ2) is 7.00. The summed E-state index contributed by atoms with van der Waals surface area (Å²) >= 11 is 6.26. The monoisotopic (exact) mass is 316 g/mol. The van der Waals surface area contributed by atoms with E-state index in [1.807, 2.05) is 36.4 Å². The lowest BCUT2D eigenvalue weighted by atomic mass is 9.97. The van der Waals surface area contributed by atoms with Crippen molar-refractivity contribution in [1.82, 2.24) is 5.32 Å². The Hall–Kier alpha value is -2.46. The number of carbonyl (C=O) groups is 1. The molecular weight excluding hydrogens is 300 g/mol. The Morgan fingerprint density at radius 3 is 2.55 bits per heavy atom. The molecule has 0 aliphatic rings. The van der Waals surface area contributed by atoms with Gasteiger partial charge in [-0.3, -0.25) is 4.79 Å². The number of methoxy groups -OCH3 is 1. The summed E-state index contributed by atoms with van der Waals surface area (Å²) in [6.45, 7) is 3.46. The molecule has 0 bridgehead atoms. The van der Waals surface area contributed by atoms with Gasteiger partial charge in [-0.25, -0.2) is 0 Å². The van der Waals surface area contributed by atoms with Crippen LogP contribution in [0, 0.1) is 0 Å². The molecule has 4 nitrogen and oxygen atoms in total. The molecule has 0 radical (unpaired) electrons. The lowest BCUT2D eigenvalue weighted by Crippen LogP contribution is -2.28. The van der Waals surface area contributed by atoms with E-state index in [4.69, 9.17) is 22.1 Å². The molecule has 0 spiro atoms. The number of hydrogen-bond acceptors (Lipinski definition) is 3. The Labute approximate surface area is 134 Å². The first-order chi connectivity index (χ1) is 10.5. The van der Waals surface area contributed by atoms with E-state index in [1.54, 1.807) is 13.2 Å². The smallest absolute Gasteiger partial charge is 0.229 e. The van der Waals surface area contributed by atoms with Crippen molar-refractivity contribution < 1.29 is 9.53 Å². The number of amides is 1. The fourth-order valence-corrected chi connectivity index (χ4v) is 2.40. The standard InChI is InChI=1S/C17H17ClN2O2/c1-11(19)20-17(21)10-15-14(4-3-5-16(15)18)12-6-8-13(22-2)9-7-12/h3-9H,1,10,19H2,2H3,(H,20,21). The quantitative estimate of drug-likeness (QED) is 0.891. The molecule has 0 saturated heterocycles. The van der Waals surface area contributed by atoms with E-state index < -0.39 is 0 Å². The zero-order valence-electron chi connectivity index (χ0n) is 12.2. The molecule has 0 saturated carbocycles. The minimum atomic E-state index is -0.254. The molecule has 0 fully saturated rings. The van der Waals surface area contributed by atoms with Crippen LogP contribution in [0.5, 0.6) is 5.75 Å². The average molecular weight is 317 g/mol. The number of ether oxygens (including phenoxy) is 1. The minimum Gasteiger partial charge on any atom is -0.497 e. The zero-order chi connectivity index (χ0) is 16.1. The summed E-state index contributed by atoms with van der Waals surface area (Å²) in [7, 11) is 1.61. The first kappa shape index (κ1) is 15.9. The van der Waals surface area contributed by atoms with E-state index in [2.05, 4.69) is 11.9 Å². The van der Waals surface area contributed by atoms with Crippen LogP contribution in [0.15, 0.2) is 54.9 Å². The van der Waals surface area contributed by atoms with Crippen molar-refractivity contribution >= 4 is 17.5 Å². The molecule has 0 aliphatic carbocycles. The fourth-order valence-electron chi connectivity index (χ4n) is 2.16. The highest BCUT2D eigenvalue weighted by atomic mass is 35.5. The van der Waals surface area contributed by atoms with E-state index in [9.17, 15) is 4.79 Å². The van der Waals surface area contributed by atoms with Crippen LogP contribution >= 0.6 is 11.6 Å². The topological polar surface area (TPSA) is 64.3 Å². The maximum absolute atomic E-state index is 11.9. The third-order valence-corrected chi connectivity index (χ3v) is 3.51. The Balaban J connectivity index is 2.37. The fraction of sp³-hybridized carbons (Fsp3) is 0.118. The summed E-state index contributed by atoms with van der Waals surface area (Å²) in [5.41, 5.74) is 7.99. The van der Waals surface area contributed by atoms with Gasteiger partial charge in [0.05, 0.1) is 19.4 Å². The van der Waals surface area contributed by atoms with Gasteiger partial charge in [0.25, 0.3) is 0 Å². The van der Waals surface area contributed by atoms with Crippen LogP contribution in [0.2, 0.25) is 5.02 Å². The Bertz CT molecular complexity index is 696. The first-order valence-electron chi connectivity index (χ1n) is 6.67. The van der Waals surface area contributed by atoms with Gasteiger partial charge < -0.3 is 15.8 Å². The summed E-state index contributed by atoms with van der Waals surface area (Å²) in [6.07, 6.45) is 0.122. The third-order valence-electron chi connectivity index (χ3n) is 3.16. The molecule has 2 rings (SSSR count). The molecule has 0 aliphatic heterocycles. The maximum atomic E-state index is 11.9. The van der Waals surface area contributed by atoms with Gasteiger partial charge in [0.1, 0.15) is 5.75 Å². The van der Waals surface area contributed by atoms with Gasteiger partial charge in [-0.15, -0.1) is 0 Å². The molecule has 2 aromatic carbocycles. The number of rotatable bonds is 5. The van der Waals surface area contributed by atoms with Crippen molar-refractivity contribution in [3.05, 3.63) is 65.5 Å². The van der Waals surface area contributed by atoms with Gasteiger partial charge >= 0.3 is 0 Å². The molecule has 0 heterocycles. The number of halogens is 1. The van der Waals surface area contributed by atoms with Crippen LogP contribution in [0.25, 0.3) is 11.1 Å². The molecule has 5 heteroatoms. The number of nitrogens with one attached hydrogen (secondary N) is 1. The molecular formula is C17H17ClN2O2. The number of benzene rings is 2. The summed E-state index contributed by atoms with van der Waals surface area (Å²) < 4.78 is 5.15. The van der Waals surface area contributed by atoms with E-state index in [-0.39, 0.29) is 18.1 Å². The Morgan fingerprint density at radius 1 is 1.27 bits per heavy atom. The van der Waals surface area contributed by atoms with E-state index in [1.165, 1.54) is 0 Å². The number of carbonyl (C=O) groups excluding carboxylic acids is 1. The van der Waals surface area contributed by atoms with Crippen molar-refractivity contribution in [2.75, 3.05) is 7.11 Å². The van der Waals surface area contributed by atoms with Crippen molar-refractivity contribution in [2.24, 2.45) is 5.73 Å². The van der Waals surface area contributed by atoms with Crippen molar-refractivity contribution in [1.29, 1.82) is 0 Å². The predicted octanol–water partition coefficient (Wildman–Crippen LogP) is 3.10. The van der Waals surface area contributed by atoms with E-state index >= 15 is 0 Å². The largest absolute Gasteiger partial charge is 0.497 e. The van der Waals surface area contributed by atoms with Gasteiger partial charge in [0.15, 0.2) is 0 Å². The van der Waals surface area contributed by atoms with Crippen molar-refractivity contribution in [2.45, 2.75) is 6.42 Å².